The lowest BCUT2D eigenvalue weighted by Gasteiger charge is -2.16. The van der Waals surface area contributed by atoms with E-state index in [4.69, 9.17) is 0 Å². The van der Waals surface area contributed by atoms with Crippen LogP contribution >= 0.6 is 0 Å². The third-order valence-electron chi connectivity index (χ3n) is 2.57. The van der Waals surface area contributed by atoms with Gasteiger partial charge in [-0.3, -0.25) is 4.79 Å². The zero-order valence-electron chi connectivity index (χ0n) is 10.3. The quantitative estimate of drug-likeness (QED) is 0.423. The molecule has 2 heteroatoms. The van der Waals surface area contributed by atoms with Crippen molar-refractivity contribution in [3.8, 4) is 0 Å². The summed E-state index contributed by atoms with van der Waals surface area (Å²) in [5, 5.41) is 0. The molecule has 88 valence electrons. The summed E-state index contributed by atoms with van der Waals surface area (Å²) in [4.78, 5) is 13.4. The van der Waals surface area contributed by atoms with Gasteiger partial charge in [-0.25, -0.2) is 0 Å². The Morgan fingerprint density at radius 3 is 2.60 bits per heavy atom. The van der Waals surface area contributed by atoms with Crippen molar-refractivity contribution in [3.05, 3.63) is 12.7 Å². The minimum Gasteiger partial charge on any atom is -0.346 e. The number of nitrogens with zero attached hydrogens (tertiary/aromatic N) is 1. The van der Waals surface area contributed by atoms with E-state index in [1.807, 2.05) is 18.0 Å². The van der Waals surface area contributed by atoms with Gasteiger partial charge in [-0.1, -0.05) is 25.8 Å². The first-order chi connectivity index (χ1) is 7.22. The average molecular weight is 211 g/mol. The first-order valence-corrected chi connectivity index (χ1v) is 6.07. The van der Waals surface area contributed by atoms with Crippen LogP contribution < -0.4 is 0 Å². The van der Waals surface area contributed by atoms with Gasteiger partial charge < -0.3 is 4.90 Å². The van der Waals surface area contributed by atoms with Gasteiger partial charge in [0.1, 0.15) is 0 Å². The van der Waals surface area contributed by atoms with Gasteiger partial charge in [-0.2, -0.15) is 0 Å². The SMILES string of the molecule is C=CCCCCCC(=O)N(C)CCCC. The van der Waals surface area contributed by atoms with Gasteiger partial charge in [0.2, 0.25) is 5.91 Å². The lowest BCUT2D eigenvalue weighted by atomic mass is 10.1. The smallest absolute Gasteiger partial charge is 0.222 e. The minimum atomic E-state index is 0.294. The highest BCUT2D eigenvalue weighted by atomic mass is 16.2. The molecule has 0 heterocycles. The third kappa shape index (κ3) is 8.22. The molecule has 15 heavy (non-hydrogen) atoms. The Morgan fingerprint density at radius 2 is 2.00 bits per heavy atom. The van der Waals surface area contributed by atoms with Crippen LogP contribution in [-0.2, 0) is 4.79 Å². The fourth-order valence-corrected chi connectivity index (χ4v) is 1.45. The van der Waals surface area contributed by atoms with E-state index in [-0.39, 0.29) is 0 Å². The molecule has 0 aromatic carbocycles. The van der Waals surface area contributed by atoms with E-state index < -0.39 is 0 Å². The second-order valence-corrected chi connectivity index (χ2v) is 4.06. The topological polar surface area (TPSA) is 20.3 Å². The Bertz CT molecular complexity index is 177. The van der Waals surface area contributed by atoms with Gasteiger partial charge in [-0.15, -0.1) is 6.58 Å². The highest BCUT2D eigenvalue weighted by molar-refractivity contribution is 5.75. The maximum atomic E-state index is 11.6. The maximum absolute atomic E-state index is 11.6. The van der Waals surface area contributed by atoms with E-state index in [0.717, 1.165) is 45.1 Å². The minimum absolute atomic E-state index is 0.294. The van der Waals surface area contributed by atoms with Crippen LogP contribution in [0.15, 0.2) is 12.7 Å². The molecule has 0 saturated heterocycles. The molecular formula is C13H25NO. The first kappa shape index (κ1) is 14.2. The molecule has 0 aliphatic carbocycles. The molecule has 0 rings (SSSR count). The second kappa shape index (κ2) is 9.75. The van der Waals surface area contributed by atoms with Crippen molar-refractivity contribution < 1.29 is 4.79 Å². The maximum Gasteiger partial charge on any atom is 0.222 e. The van der Waals surface area contributed by atoms with Crippen LogP contribution in [0.25, 0.3) is 0 Å². The molecule has 0 aromatic rings. The number of amides is 1. The monoisotopic (exact) mass is 211 g/mol. The number of hydrogen-bond acceptors (Lipinski definition) is 1. The molecule has 2 nitrogen and oxygen atoms in total. The molecule has 0 aliphatic rings. The highest BCUT2D eigenvalue weighted by Crippen LogP contribution is 2.05. The van der Waals surface area contributed by atoms with Crippen molar-refractivity contribution in [1.29, 1.82) is 0 Å². The molecule has 0 saturated carbocycles. The molecule has 0 N–H and O–H groups in total. The fourth-order valence-electron chi connectivity index (χ4n) is 1.45. The van der Waals surface area contributed by atoms with Crippen LogP contribution in [0.4, 0.5) is 0 Å². The van der Waals surface area contributed by atoms with E-state index in [9.17, 15) is 4.79 Å². The average Bonchev–Trinajstić information content (AvgIpc) is 2.25. The van der Waals surface area contributed by atoms with Crippen molar-refractivity contribution >= 4 is 5.91 Å². The normalized spacial score (nSPS) is 10.0. The van der Waals surface area contributed by atoms with Crippen molar-refractivity contribution in [2.45, 2.75) is 51.9 Å². The van der Waals surface area contributed by atoms with Crippen LogP contribution in [0, 0.1) is 0 Å². The molecule has 0 unspecified atom stereocenters. The van der Waals surface area contributed by atoms with Crippen LogP contribution in [0.3, 0.4) is 0 Å². The molecule has 0 aromatic heterocycles. The van der Waals surface area contributed by atoms with Gasteiger partial charge >= 0.3 is 0 Å². The molecule has 0 bridgehead atoms. The van der Waals surface area contributed by atoms with Crippen LogP contribution in [0.2, 0.25) is 0 Å². The summed E-state index contributed by atoms with van der Waals surface area (Å²) < 4.78 is 0. The molecule has 0 fully saturated rings. The number of unbranched alkanes of at least 4 members (excludes halogenated alkanes) is 4. The van der Waals surface area contributed by atoms with Gasteiger partial charge in [0.05, 0.1) is 0 Å². The lowest BCUT2D eigenvalue weighted by Crippen LogP contribution is -2.27. The predicted octanol–water partition coefficient (Wildman–Crippen LogP) is 3.38. The molecule has 0 atom stereocenters. The largest absolute Gasteiger partial charge is 0.346 e. The van der Waals surface area contributed by atoms with Crippen LogP contribution in [-0.4, -0.2) is 24.4 Å². The zero-order chi connectivity index (χ0) is 11.5. The summed E-state index contributed by atoms with van der Waals surface area (Å²) in [6.07, 6.45) is 9.29. The molecule has 0 radical (unpaired) electrons. The summed E-state index contributed by atoms with van der Waals surface area (Å²) in [6, 6.07) is 0. The summed E-state index contributed by atoms with van der Waals surface area (Å²) in [5.74, 6) is 0.294. The molecular weight excluding hydrogens is 186 g/mol. The Morgan fingerprint density at radius 1 is 1.27 bits per heavy atom. The standard InChI is InChI=1S/C13H25NO/c1-4-6-8-9-10-11-13(15)14(3)12-7-5-2/h4H,1,5-12H2,2-3H3. The van der Waals surface area contributed by atoms with Gasteiger partial charge in [0.15, 0.2) is 0 Å². The van der Waals surface area contributed by atoms with Crippen molar-refractivity contribution in [1.82, 2.24) is 4.90 Å². The van der Waals surface area contributed by atoms with E-state index >= 15 is 0 Å². The van der Waals surface area contributed by atoms with Crippen LogP contribution in [0.1, 0.15) is 51.9 Å². The van der Waals surface area contributed by atoms with Gasteiger partial charge in [0, 0.05) is 20.0 Å². The Balaban J connectivity index is 3.42. The van der Waals surface area contributed by atoms with E-state index in [1.165, 1.54) is 0 Å². The summed E-state index contributed by atoms with van der Waals surface area (Å²) in [6.45, 7) is 6.73. The summed E-state index contributed by atoms with van der Waals surface area (Å²) in [7, 11) is 1.90. The van der Waals surface area contributed by atoms with Gasteiger partial charge in [0.25, 0.3) is 0 Å². The van der Waals surface area contributed by atoms with E-state index in [1.54, 1.807) is 0 Å². The highest BCUT2D eigenvalue weighted by Gasteiger charge is 2.06. The Kier molecular flexibility index (Phi) is 9.24. The number of carbonyl (C=O) groups excluding carboxylic acids is 1. The molecule has 0 spiro atoms. The number of allylic oxidation sites excluding steroid dienone is 1. The Hall–Kier alpha value is -0.790. The van der Waals surface area contributed by atoms with E-state index in [0.29, 0.717) is 12.3 Å². The lowest BCUT2D eigenvalue weighted by molar-refractivity contribution is -0.130. The van der Waals surface area contributed by atoms with E-state index in [2.05, 4.69) is 13.5 Å². The molecule has 1 amide bonds. The first-order valence-electron chi connectivity index (χ1n) is 6.07. The predicted molar refractivity (Wildman–Crippen MR) is 65.8 cm³/mol. The number of carbonyl (C=O) groups is 1. The van der Waals surface area contributed by atoms with Crippen LogP contribution in [0.5, 0.6) is 0 Å². The summed E-state index contributed by atoms with van der Waals surface area (Å²) >= 11 is 0. The Labute approximate surface area is 94.4 Å². The third-order valence-corrected chi connectivity index (χ3v) is 2.57. The zero-order valence-corrected chi connectivity index (χ0v) is 10.3. The number of hydrogen-bond donors (Lipinski definition) is 0. The van der Waals surface area contributed by atoms with Crippen molar-refractivity contribution in [2.24, 2.45) is 0 Å². The number of rotatable bonds is 9. The van der Waals surface area contributed by atoms with Crippen molar-refractivity contribution in [2.75, 3.05) is 13.6 Å². The second-order valence-electron chi connectivity index (χ2n) is 4.06. The van der Waals surface area contributed by atoms with Gasteiger partial charge in [-0.05, 0) is 25.7 Å². The van der Waals surface area contributed by atoms with Crippen molar-refractivity contribution in [3.63, 3.8) is 0 Å². The summed E-state index contributed by atoms with van der Waals surface area (Å²) in [5.41, 5.74) is 0. The fraction of sp³-hybridized carbons (Fsp3) is 0.769. The molecule has 0 aliphatic heterocycles.